The molecule has 2 aromatic carbocycles. The van der Waals surface area contributed by atoms with Crippen molar-refractivity contribution in [2.75, 3.05) is 5.73 Å². The van der Waals surface area contributed by atoms with Crippen LogP contribution in [0.15, 0.2) is 36.4 Å². The summed E-state index contributed by atoms with van der Waals surface area (Å²) in [5.74, 6) is 0.856. The van der Waals surface area contributed by atoms with E-state index in [0.717, 1.165) is 17.0 Å². The molecule has 94 valence electrons. The fraction of sp³-hybridized carbons (Fsp3) is 0.250. The zero-order chi connectivity index (χ0) is 13.1. The molecule has 2 rings (SSSR count). The fourth-order valence-corrected chi connectivity index (χ4v) is 2.10. The minimum Gasteiger partial charge on any atom is -0.489 e. The van der Waals surface area contributed by atoms with Crippen LogP contribution in [0.4, 0.5) is 5.69 Å². The summed E-state index contributed by atoms with van der Waals surface area (Å²) in [6.07, 6.45) is 0. The third-order valence-electron chi connectivity index (χ3n) is 3.00. The molecule has 0 spiro atoms. The molecule has 0 aliphatic rings. The van der Waals surface area contributed by atoms with Crippen molar-refractivity contribution >= 4 is 5.69 Å². The van der Waals surface area contributed by atoms with Gasteiger partial charge in [0.1, 0.15) is 12.4 Å². The monoisotopic (exact) mass is 241 g/mol. The lowest BCUT2D eigenvalue weighted by atomic mass is 10.1. The summed E-state index contributed by atoms with van der Waals surface area (Å²) in [6.45, 7) is 6.75. The van der Waals surface area contributed by atoms with Crippen LogP contribution in [-0.4, -0.2) is 0 Å². The lowest BCUT2D eigenvalue weighted by Gasteiger charge is -2.11. The van der Waals surface area contributed by atoms with Crippen LogP contribution in [0.1, 0.15) is 22.3 Å². The summed E-state index contributed by atoms with van der Waals surface area (Å²) in [7, 11) is 0. The fourth-order valence-electron chi connectivity index (χ4n) is 2.10. The van der Waals surface area contributed by atoms with Crippen molar-refractivity contribution in [2.45, 2.75) is 27.4 Å². The SMILES string of the molecule is Cc1cc(C)cc(COc2cccc(N)c2C)c1. The van der Waals surface area contributed by atoms with Gasteiger partial charge in [-0.3, -0.25) is 0 Å². The van der Waals surface area contributed by atoms with Gasteiger partial charge < -0.3 is 10.5 Å². The highest BCUT2D eigenvalue weighted by atomic mass is 16.5. The van der Waals surface area contributed by atoms with Crippen LogP contribution in [0, 0.1) is 20.8 Å². The van der Waals surface area contributed by atoms with Gasteiger partial charge in [-0.15, -0.1) is 0 Å². The van der Waals surface area contributed by atoms with E-state index in [2.05, 4.69) is 32.0 Å². The van der Waals surface area contributed by atoms with Crippen LogP contribution in [0.25, 0.3) is 0 Å². The molecule has 2 heteroatoms. The van der Waals surface area contributed by atoms with Gasteiger partial charge in [0, 0.05) is 11.3 Å². The van der Waals surface area contributed by atoms with Crippen molar-refractivity contribution in [3.8, 4) is 5.75 Å². The summed E-state index contributed by atoms with van der Waals surface area (Å²) in [6, 6.07) is 12.2. The average Bonchev–Trinajstić information content (AvgIpc) is 2.30. The van der Waals surface area contributed by atoms with E-state index in [1.165, 1.54) is 16.7 Å². The number of anilines is 1. The third kappa shape index (κ3) is 2.83. The summed E-state index contributed by atoms with van der Waals surface area (Å²) in [5, 5.41) is 0. The molecule has 0 aromatic heterocycles. The molecule has 2 N–H and O–H groups in total. The zero-order valence-electron chi connectivity index (χ0n) is 11.2. The van der Waals surface area contributed by atoms with Gasteiger partial charge in [-0.25, -0.2) is 0 Å². The highest BCUT2D eigenvalue weighted by Crippen LogP contribution is 2.24. The number of rotatable bonds is 3. The number of hydrogen-bond acceptors (Lipinski definition) is 2. The molecule has 0 unspecified atom stereocenters. The van der Waals surface area contributed by atoms with Gasteiger partial charge in [0.05, 0.1) is 0 Å². The van der Waals surface area contributed by atoms with E-state index >= 15 is 0 Å². The van der Waals surface area contributed by atoms with Gasteiger partial charge in [0.25, 0.3) is 0 Å². The third-order valence-corrected chi connectivity index (χ3v) is 3.00. The van der Waals surface area contributed by atoms with Crippen molar-refractivity contribution in [1.82, 2.24) is 0 Å². The quantitative estimate of drug-likeness (QED) is 0.830. The number of aryl methyl sites for hydroxylation is 2. The maximum atomic E-state index is 5.86. The maximum Gasteiger partial charge on any atom is 0.124 e. The van der Waals surface area contributed by atoms with Crippen LogP contribution < -0.4 is 10.5 Å². The van der Waals surface area contributed by atoms with Gasteiger partial charge in [-0.2, -0.15) is 0 Å². The van der Waals surface area contributed by atoms with E-state index in [-0.39, 0.29) is 0 Å². The normalized spacial score (nSPS) is 10.4. The van der Waals surface area contributed by atoms with Crippen molar-refractivity contribution in [3.63, 3.8) is 0 Å². The van der Waals surface area contributed by atoms with Gasteiger partial charge in [0.2, 0.25) is 0 Å². The molecule has 0 amide bonds. The molecule has 0 aliphatic heterocycles. The highest BCUT2D eigenvalue weighted by Gasteiger charge is 2.03. The predicted molar refractivity (Wildman–Crippen MR) is 75.8 cm³/mol. The van der Waals surface area contributed by atoms with E-state index in [1.807, 2.05) is 25.1 Å². The molecular weight excluding hydrogens is 222 g/mol. The number of benzene rings is 2. The first-order valence-electron chi connectivity index (χ1n) is 6.11. The van der Waals surface area contributed by atoms with Crippen LogP contribution >= 0.6 is 0 Å². The summed E-state index contributed by atoms with van der Waals surface area (Å²) >= 11 is 0. The molecule has 0 saturated heterocycles. The van der Waals surface area contributed by atoms with Crippen LogP contribution in [0.2, 0.25) is 0 Å². The summed E-state index contributed by atoms with van der Waals surface area (Å²) in [5.41, 5.74) is 11.3. The first-order chi connectivity index (χ1) is 8.56. The predicted octanol–water partition coefficient (Wildman–Crippen LogP) is 3.77. The largest absolute Gasteiger partial charge is 0.489 e. The molecule has 0 fully saturated rings. The van der Waals surface area contributed by atoms with Crippen molar-refractivity contribution in [1.29, 1.82) is 0 Å². The van der Waals surface area contributed by atoms with Crippen LogP contribution in [0.5, 0.6) is 5.75 Å². The van der Waals surface area contributed by atoms with E-state index in [0.29, 0.717) is 6.61 Å². The molecule has 0 heterocycles. The molecule has 0 radical (unpaired) electrons. The Morgan fingerprint density at radius 2 is 1.67 bits per heavy atom. The van der Waals surface area contributed by atoms with Gasteiger partial charge >= 0.3 is 0 Å². The lowest BCUT2D eigenvalue weighted by Crippen LogP contribution is -1.99. The molecule has 0 bridgehead atoms. The Morgan fingerprint density at radius 1 is 1.00 bits per heavy atom. The Labute approximate surface area is 108 Å². The molecular formula is C16H19NO. The maximum absolute atomic E-state index is 5.86. The summed E-state index contributed by atoms with van der Waals surface area (Å²) in [4.78, 5) is 0. The molecule has 2 nitrogen and oxygen atoms in total. The van der Waals surface area contributed by atoms with Crippen molar-refractivity contribution in [3.05, 3.63) is 58.7 Å². The first-order valence-corrected chi connectivity index (χ1v) is 6.11. The molecule has 2 aromatic rings. The summed E-state index contributed by atoms with van der Waals surface area (Å²) < 4.78 is 5.83. The second-order valence-electron chi connectivity index (χ2n) is 4.76. The highest BCUT2D eigenvalue weighted by molar-refractivity contribution is 5.53. The van der Waals surface area contributed by atoms with Crippen molar-refractivity contribution < 1.29 is 4.74 Å². The van der Waals surface area contributed by atoms with Gasteiger partial charge in [-0.05, 0) is 38.5 Å². The molecule has 0 atom stereocenters. The zero-order valence-corrected chi connectivity index (χ0v) is 11.2. The van der Waals surface area contributed by atoms with E-state index in [4.69, 9.17) is 10.5 Å². The Morgan fingerprint density at radius 3 is 2.33 bits per heavy atom. The first kappa shape index (κ1) is 12.5. The van der Waals surface area contributed by atoms with Crippen molar-refractivity contribution in [2.24, 2.45) is 0 Å². The molecule has 0 saturated carbocycles. The van der Waals surface area contributed by atoms with Crippen LogP contribution in [0.3, 0.4) is 0 Å². The number of nitrogens with two attached hydrogens (primary N) is 1. The number of nitrogen functional groups attached to an aromatic ring is 1. The van der Waals surface area contributed by atoms with E-state index < -0.39 is 0 Å². The lowest BCUT2D eigenvalue weighted by molar-refractivity contribution is 0.304. The van der Waals surface area contributed by atoms with Crippen LogP contribution in [-0.2, 0) is 6.61 Å². The molecule has 18 heavy (non-hydrogen) atoms. The van der Waals surface area contributed by atoms with Gasteiger partial charge in [-0.1, -0.05) is 35.4 Å². The number of ether oxygens (including phenoxy) is 1. The van der Waals surface area contributed by atoms with E-state index in [9.17, 15) is 0 Å². The van der Waals surface area contributed by atoms with E-state index in [1.54, 1.807) is 0 Å². The molecule has 0 aliphatic carbocycles. The second kappa shape index (κ2) is 5.13. The topological polar surface area (TPSA) is 35.2 Å². The Bertz CT molecular complexity index is 541. The standard InChI is InChI=1S/C16H19NO/c1-11-7-12(2)9-14(8-11)10-18-16-6-4-5-15(17)13(16)3/h4-9H,10,17H2,1-3H3. The number of hydrogen-bond donors (Lipinski definition) is 1. The smallest absolute Gasteiger partial charge is 0.124 e. The van der Waals surface area contributed by atoms with Gasteiger partial charge in [0.15, 0.2) is 0 Å². The Hall–Kier alpha value is -1.96. The average molecular weight is 241 g/mol. The Kier molecular flexibility index (Phi) is 3.56. The second-order valence-corrected chi connectivity index (χ2v) is 4.76. The Balaban J connectivity index is 2.14. The minimum absolute atomic E-state index is 0.576. The minimum atomic E-state index is 0.576.